The van der Waals surface area contributed by atoms with Crippen molar-refractivity contribution in [3.8, 4) is 0 Å². The maximum atomic E-state index is 9.84. The van der Waals surface area contributed by atoms with Crippen LogP contribution in [0.2, 0.25) is 0 Å². The Morgan fingerprint density at radius 2 is 1.85 bits per heavy atom. The fourth-order valence-corrected chi connectivity index (χ4v) is 0.292. The van der Waals surface area contributed by atoms with Gasteiger partial charge >= 0.3 is 5.97 Å². The molecule has 0 bridgehead atoms. The van der Waals surface area contributed by atoms with Gasteiger partial charge in [-0.3, -0.25) is 4.79 Å². The zero-order valence-electron chi connectivity index (χ0n) is 6.40. The molecule has 5 nitrogen and oxygen atoms in total. The Kier molecular flexibility index (Phi) is 11.4. The summed E-state index contributed by atoms with van der Waals surface area (Å²) < 4.78 is 9.09. The maximum absolute atomic E-state index is 9.84. The minimum absolute atomic E-state index is 0.0670. The third-order valence-electron chi connectivity index (χ3n) is 0.747. The Bertz CT molecular complexity index is 191. The third-order valence-corrected chi connectivity index (χ3v) is 0.747. The summed E-state index contributed by atoms with van der Waals surface area (Å²) in [7, 11) is 7.36. The van der Waals surface area contributed by atoms with Gasteiger partial charge < -0.3 is 9.99 Å². The summed E-state index contributed by atoms with van der Waals surface area (Å²) in [4.78, 5) is 13.5. The monoisotopic (exact) mass is 250 g/mol. The van der Waals surface area contributed by atoms with Gasteiger partial charge in [0.05, 0.1) is 6.42 Å². The number of hydrogen-bond donors (Lipinski definition) is 2. The van der Waals surface area contributed by atoms with Crippen LogP contribution in [0.15, 0.2) is 12.3 Å². The first-order valence-corrected chi connectivity index (χ1v) is 5.65. The molecule has 0 spiro atoms. The second-order valence-electron chi connectivity index (χ2n) is 1.71. The first-order chi connectivity index (χ1) is 5.90. The van der Waals surface area contributed by atoms with Crippen molar-refractivity contribution < 1.29 is 24.3 Å². The largest absolute Gasteiger partial charge is 0.481 e. The van der Waals surface area contributed by atoms with Gasteiger partial charge in [0.25, 0.3) is 0 Å². The van der Waals surface area contributed by atoms with E-state index in [1.54, 1.807) is 0 Å². The van der Waals surface area contributed by atoms with Gasteiger partial charge in [0.1, 0.15) is 5.76 Å². The zero-order chi connectivity index (χ0) is 10.9. The van der Waals surface area contributed by atoms with Gasteiger partial charge in [0.15, 0.2) is 0 Å². The van der Waals surface area contributed by atoms with Crippen molar-refractivity contribution in [1.29, 1.82) is 0 Å². The lowest BCUT2D eigenvalue weighted by molar-refractivity contribution is -0.205. The molecule has 0 aromatic carbocycles. The lowest BCUT2D eigenvalue weighted by atomic mass is 10.3. The summed E-state index contributed by atoms with van der Waals surface area (Å²) in [5, 5.41) is 15.9. The van der Waals surface area contributed by atoms with Crippen LogP contribution in [0.1, 0.15) is 12.8 Å². The molecule has 0 aliphatic carbocycles. The van der Waals surface area contributed by atoms with Crippen molar-refractivity contribution >= 4 is 36.6 Å². The van der Waals surface area contributed by atoms with Crippen molar-refractivity contribution in [1.82, 2.24) is 0 Å². The van der Waals surface area contributed by atoms with Crippen LogP contribution in [0, 0.1) is 0 Å². The minimum atomic E-state index is -1.67. The van der Waals surface area contributed by atoms with E-state index in [4.69, 9.17) is 14.6 Å². The molecule has 13 heavy (non-hydrogen) atoms. The fourth-order valence-electron chi connectivity index (χ4n) is 0.292. The number of halogens is 2. The van der Waals surface area contributed by atoms with Crippen LogP contribution in [-0.4, -0.2) is 20.5 Å². The quantitative estimate of drug-likeness (QED) is 0.345. The Morgan fingerprint density at radius 3 is 2.08 bits per heavy atom. The van der Waals surface area contributed by atoms with Crippen molar-refractivity contribution in [2.45, 2.75) is 12.8 Å². The fraction of sp³-hybridized carbons (Fsp3) is 0.400. The van der Waals surface area contributed by atoms with Crippen LogP contribution in [0.3, 0.4) is 0 Å². The molecule has 0 saturated heterocycles. The normalized spacial score (nSPS) is 8.62. The van der Waals surface area contributed by atoms with E-state index in [9.17, 15) is 4.79 Å². The molecule has 78 valence electrons. The van der Waals surface area contributed by atoms with Crippen LogP contribution in [-0.2, 0) is 18.9 Å². The molecule has 0 saturated carbocycles. The first-order valence-electron chi connectivity index (χ1n) is 2.85. The summed E-state index contributed by atoms with van der Waals surface area (Å²) in [6, 6.07) is 0. The number of hydrogen-bond acceptors (Lipinski definition) is 4. The molecular weight excluding hydrogens is 243 g/mol. The van der Waals surface area contributed by atoms with Gasteiger partial charge in [-0.05, 0) is 0 Å². The molecular formula is C5H8Cl2O5S. The summed E-state index contributed by atoms with van der Waals surface area (Å²) in [5.41, 5.74) is 0. The Morgan fingerprint density at radius 1 is 1.46 bits per heavy atom. The highest BCUT2D eigenvalue weighted by atomic mass is 36.0. The highest BCUT2D eigenvalue weighted by molar-refractivity contribution is 8.26. The third kappa shape index (κ3) is 24.5. The number of carbonyl (C=O) groups is 1. The van der Waals surface area contributed by atoms with E-state index < -0.39 is 15.2 Å². The summed E-state index contributed by atoms with van der Waals surface area (Å²) in [6.07, 6.45) is 0.0746. The SMILES string of the molecule is C=C(CCC(=O)O)OO.O=S(Cl)Cl. The molecule has 0 aliphatic heterocycles. The summed E-state index contributed by atoms with van der Waals surface area (Å²) in [5.74, 6) is -0.870. The molecule has 0 unspecified atom stereocenters. The van der Waals surface area contributed by atoms with E-state index in [0.29, 0.717) is 0 Å². The molecule has 0 amide bonds. The number of aliphatic carboxylic acids is 1. The van der Waals surface area contributed by atoms with Crippen molar-refractivity contribution in [3.05, 3.63) is 12.3 Å². The van der Waals surface area contributed by atoms with E-state index in [0.717, 1.165) is 0 Å². The van der Waals surface area contributed by atoms with Crippen LogP contribution in [0.25, 0.3) is 0 Å². The number of allylic oxidation sites excluding steroid dienone is 1. The Balaban J connectivity index is 0. The van der Waals surface area contributed by atoms with Gasteiger partial charge in [-0.25, -0.2) is 9.47 Å². The molecule has 2 N–H and O–H groups in total. The first kappa shape index (κ1) is 15.2. The van der Waals surface area contributed by atoms with Gasteiger partial charge in [-0.2, -0.15) is 0 Å². The van der Waals surface area contributed by atoms with Gasteiger partial charge in [0.2, 0.25) is 9.23 Å². The smallest absolute Gasteiger partial charge is 0.303 e. The van der Waals surface area contributed by atoms with E-state index >= 15 is 0 Å². The topological polar surface area (TPSA) is 83.8 Å². The lowest BCUT2D eigenvalue weighted by Crippen LogP contribution is -1.95. The van der Waals surface area contributed by atoms with Crippen LogP contribution in [0.5, 0.6) is 0 Å². The van der Waals surface area contributed by atoms with E-state index in [1.165, 1.54) is 0 Å². The van der Waals surface area contributed by atoms with Gasteiger partial charge in [-0.15, -0.1) is 0 Å². The average Bonchev–Trinajstić information content (AvgIpc) is 1.99. The lowest BCUT2D eigenvalue weighted by Gasteiger charge is -1.95. The summed E-state index contributed by atoms with van der Waals surface area (Å²) in [6.45, 7) is 3.21. The minimum Gasteiger partial charge on any atom is -0.481 e. The molecule has 0 aromatic heterocycles. The second kappa shape index (κ2) is 9.79. The molecule has 0 heterocycles. The van der Waals surface area contributed by atoms with Gasteiger partial charge in [0, 0.05) is 27.8 Å². The Labute approximate surface area is 86.3 Å². The molecule has 0 fully saturated rings. The average molecular weight is 251 g/mol. The zero-order valence-corrected chi connectivity index (χ0v) is 8.73. The molecule has 8 heteroatoms. The van der Waals surface area contributed by atoms with E-state index in [-0.39, 0.29) is 18.6 Å². The molecule has 0 atom stereocenters. The van der Waals surface area contributed by atoms with E-state index in [1.807, 2.05) is 0 Å². The highest BCUT2D eigenvalue weighted by Crippen LogP contribution is 2.00. The molecule has 0 aliphatic rings. The van der Waals surface area contributed by atoms with Crippen LogP contribution < -0.4 is 0 Å². The predicted octanol–water partition coefficient (Wildman–Crippen LogP) is 1.90. The molecule has 0 aromatic rings. The van der Waals surface area contributed by atoms with Crippen molar-refractivity contribution in [3.63, 3.8) is 0 Å². The van der Waals surface area contributed by atoms with Crippen LogP contribution in [0.4, 0.5) is 0 Å². The Hall–Kier alpha value is -0.300. The number of carboxylic acid groups (broad SMARTS) is 1. The predicted molar refractivity (Wildman–Crippen MR) is 49.6 cm³/mol. The molecule has 0 rings (SSSR count). The number of rotatable bonds is 4. The van der Waals surface area contributed by atoms with E-state index in [2.05, 4.69) is 32.8 Å². The molecule has 0 radical (unpaired) electrons. The van der Waals surface area contributed by atoms with Crippen LogP contribution >= 0.6 is 21.4 Å². The van der Waals surface area contributed by atoms with Crippen molar-refractivity contribution in [2.75, 3.05) is 0 Å². The van der Waals surface area contributed by atoms with Gasteiger partial charge in [-0.1, -0.05) is 6.58 Å². The second-order valence-corrected chi connectivity index (χ2v) is 4.23. The summed E-state index contributed by atoms with van der Waals surface area (Å²) >= 11 is 0. The number of carboxylic acids is 1. The maximum Gasteiger partial charge on any atom is 0.303 e. The highest BCUT2D eigenvalue weighted by Gasteiger charge is 1.99. The van der Waals surface area contributed by atoms with Crippen molar-refractivity contribution in [2.24, 2.45) is 0 Å². The standard InChI is InChI=1S/C5H8O4.Cl2OS/c1-4(9-8)2-3-5(6)7;1-4(2)3/h8H,1-3H2,(H,6,7);.